The number of ether oxygens (including phenoxy) is 2. The monoisotopic (exact) mass is 304 g/mol. The Morgan fingerprint density at radius 2 is 2.05 bits per heavy atom. The second-order valence-electron chi connectivity index (χ2n) is 5.67. The van der Waals surface area contributed by atoms with Gasteiger partial charge in [0, 0.05) is 12.1 Å². The summed E-state index contributed by atoms with van der Waals surface area (Å²) in [6.07, 6.45) is 3.33. The third-order valence-corrected chi connectivity index (χ3v) is 4.30. The Hall–Kier alpha value is -2.08. The van der Waals surface area contributed by atoms with Crippen molar-refractivity contribution < 1.29 is 19.1 Å². The Labute approximate surface area is 129 Å². The highest BCUT2D eigenvalue weighted by Crippen LogP contribution is 2.29. The molecule has 0 bridgehead atoms. The Morgan fingerprint density at radius 1 is 1.27 bits per heavy atom. The lowest BCUT2D eigenvalue weighted by Gasteiger charge is -2.37. The number of carbonyl (C=O) groups is 2. The molecule has 6 nitrogen and oxygen atoms in total. The van der Waals surface area contributed by atoms with Gasteiger partial charge in [-0.3, -0.25) is 9.59 Å². The van der Waals surface area contributed by atoms with Gasteiger partial charge in [-0.1, -0.05) is 0 Å². The van der Waals surface area contributed by atoms with E-state index in [1.54, 1.807) is 24.3 Å². The van der Waals surface area contributed by atoms with Crippen LogP contribution in [0.3, 0.4) is 0 Å². The maximum absolute atomic E-state index is 12.4. The summed E-state index contributed by atoms with van der Waals surface area (Å²) in [5.74, 6) is 0.0528. The van der Waals surface area contributed by atoms with Gasteiger partial charge < -0.3 is 20.1 Å². The number of benzene rings is 1. The Balaban J connectivity index is 1.56. The highest BCUT2D eigenvalue weighted by atomic mass is 16.5. The number of primary amides is 1. The molecule has 2 atom stereocenters. The van der Waals surface area contributed by atoms with E-state index in [4.69, 9.17) is 15.2 Å². The average Bonchev–Trinajstić information content (AvgIpc) is 3.01. The van der Waals surface area contributed by atoms with Crippen molar-refractivity contribution in [2.75, 3.05) is 19.8 Å². The molecular formula is C16H20N2O4. The van der Waals surface area contributed by atoms with E-state index in [2.05, 4.69) is 0 Å². The summed E-state index contributed by atoms with van der Waals surface area (Å²) in [6, 6.07) is 6.66. The normalized spacial score (nSPS) is 23.9. The van der Waals surface area contributed by atoms with Crippen LogP contribution in [0.5, 0.6) is 5.75 Å². The minimum Gasteiger partial charge on any atom is -0.484 e. The van der Waals surface area contributed by atoms with Gasteiger partial charge in [0.1, 0.15) is 5.75 Å². The van der Waals surface area contributed by atoms with Gasteiger partial charge in [0.2, 0.25) is 5.91 Å². The van der Waals surface area contributed by atoms with Crippen molar-refractivity contribution in [2.45, 2.75) is 31.4 Å². The predicted molar refractivity (Wildman–Crippen MR) is 79.5 cm³/mol. The molecule has 1 aliphatic carbocycles. The summed E-state index contributed by atoms with van der Waals surface area (Å²) < 4.78 is 11.2. The molecule has 1 aliphatic heterocycles. The number of morpholine rings is 1. The van der Waals surface area contributed by atoms with Gasteiger partial charge >= 0.3 is 0 Å². The summed E-state index contributed by atoms with van der Waals surface area (Å²) in [4.78, 5) is 25.2. The first kappa shape index (κ1) is 14.8. The zero-order chi connectivity index (χ0) is 15.5. The molecule has 1 heterocycles. The number of fused-ring (bicyclic) bond motifs is 1. The van der Waals surface area contributed by atoms with Crippen LogP contribution in [0.2, 0.25) is 0 Å². The van der Waals surface area contributed by atoms with Gasteiger partial charge in [0.15, 0.2) is 6.61 Å². The van der Waals surface area contributed by atoms with Crippen LogP contribution in [0.25, 0.3) is 0 Å². The molecule has 1 aromatic carbocycles. The lowest BCUT2D eigenvalue weighted by atomic mass is 10.1. The van der Waals surface area contributed by atoms with Crippen molar-refractivity contribution >= 4 is 11.8 Å². The number of hydrogen-bond donors (Lipinski definition) is 1. The van der Waals surface area contributed by atoms with Gasteiger partial charge in [-0.15, -0.1) is 0 Å². The van der Waals surface area contributed by atoms with Gasteiger partial charge in [0.05, 0.1) is 18.8 Å². The fraction of sp³-hybridized carbons (Fsp3) is 0.500. The first-order valence-electron chi connectivity index (χ1n) is 7.59. The van der Waals surface area contributed by atoms with Gasteiger partial charge in [-0.25, -0.2) is 0 Å². The number of nitrogens with two attached hydrogens (primary N) is 1. The number of nitrogens with zero attached hydrogens (tertiary/aromatic N) is 1. The maximum Gasteiger partial charge on any atom is 0.260 e. The second kappa shape index (κ2) is 6.36. The van der Waals surface area contributed by atoms with Crippen LogP contribution in [-0.4, -0.2) is 48.6 Å². The zero-order valence-electron chi connectivity index (χ0n) is 12.4. The highest BCUT2D eigenvalue weighted by molar-refractivity contribution is 5.92. The molecule has 118 valence electrons. The van der Waals surface area contributed by atoms with E-state index in [1.807, 2.05) is 4.90 Å². The topological polar surface area (TPSA) is 81.9 Å². The number of carbonyl (C=O) groups excluding carboxylic acids is 2. The van der Waals surface area contributed by atoms with E-state index in [-0.39, 0.29) is 24.7 Å². The smallest absolute Gasteiger partial charge is 0.260 e. The Morgan fingerprint density at radius 3 is 2.77 bits per heavy atom. The molecule has 0 aromatic heterocycles. The molecule has 1 saturated carbocycles. The van der Waals surface area contributed by atoms with Crippen LogP contribution in [0.1, 0.15) is 29.6 Å². The number of rotatable bonds is 4. The summed E-state index contributed by atoms with van der Waals surface area (Å²) in [5.41, 5.74) is 5.60. The molecule has 2 N–H and O–H groups in total. The molecule has 0 spiro atoms. The van der Waals surface area contributed by atoms with Crippen molar-refractivity contribution in [3.05, 3.63) is 29.8 Å². The predicted octanol–water partition coefficient (Wildman–Crippen LogP) is 0.944. The molecule has 22 heavy (non-hydrogen) atoms. The Bertz CT molecular complexity index is 558. The number of amides is 2. The zero-order valence-corrected chi connectivity index (χ0v) is 12.4. The summed E-state index contributed by atoms with van der Waals surface area (Å²) in [5, 5.41) is 0. The van der Waals surface area contributed by atoms with Crippen molar-refractivity contribution in [1.29, 1.82) is 0 Å². The molecule has 1 saturated heterocycles. The molecule has 6 heteroatoms. The summed E-state index contributed by atoms with van der Waals surface area (Å²) in [6.45, 7) is 1.23. The SMILES string of the molecule is NC(=O)c1ccc(OCC(=O)N2CCO[C@H]3CCC[C@H]32)cc1. The molecule has 0 radical (unpaired) electrons. The standard InChI is InChI=1S/C16H20N2O4/c17-16(20)11-4-6-12(7-5-11)22-10-15(19)18-8-9-21-14-3-1-2-13(14)18/h4-7,13-14H,1-3,8-10H2,(H2,17,20)/t13-,14+/m1/s1. The fourth-order valence-electron chi connectivity index (χ4n) is 3.18. The van der Waals surface area contributed by atoms with Crippen molar-refractivity contribution in [3.8, 4) is 5.75 Å². The van der Waals surface area contributed by atoms with Crippen LogP contribution in [0.15, 0.2) is 24.3 Å². The third-order valence-electron chi connectivity index (χ3n) is 4.30. The summed E-state index contributed by atoms with van der Waals surface area (Å²) >= 11 is 0. The van der Waals surface area contributed by atoms with Crippen LogP contribution >= 0.6 is 0 Å². The van der Waals surface area contributed by atoms with Crippen molar-refractivity contribution in [1.82, 2.24) is 4.90 Å². The highest BCUT2D eigenvalue weighted by Gasteiger charge is 2.38. The van der Waals surface area contributed by atoms with Crippen LogP contribution < -0.4 is 10.5 Å². The molecule has 2 aliphatic rings. The molecule has 1 aromatic rings. The quantitative estimate of drug-likeness (QED) is 0.897. The third kappa shape index (κ3) is 3.06. The van der Waals surface area contributed by atoms with E-state index < -0.39 is 5.91 Å². The first-order chi connectivity index (χ1) is 10.6. The Kier molecular flexibility index (Phi) is 4.29. The maximum atomic E-state index is 12.4. The lowest BCUT2D eigenvalue weighted by Crippen LogP contribution is -2.52. The van der Waals surface area contributed by atoms with E-state index in [0.717, 1.165) is 19.3 Å². The van der Waals surface area contributed by atoms with E-state index in [0.29, 0.717) is 24.5 Å². The minimum absolute atomic E-state index is 0.000855. The minimum atomic E-state index is -0.483. The van der Waals surface area contributed by atoms with Gasteiger partial charge in [0.25, 0.3) is 5.91 Å². The second-order valence-corrected chi connectivity index (χ2v) is 5.67. The van der Waals surface area contributed by atoms with Crippen molar-refractivity contribution in [3.63, 3.8) is 0 Å². The molecule has 2 amide bonds. The van der Waals surface area contributed by atoms with Gasteiger partial charge in [-0.05, 0) is 43.5 Å². The molecule has 3 rings (SSSR count). The summed E-state index contributed by atoms with van der Waals surface area (Å²) in [7, 11) is 0. The van der Waals surface area contributed by atoms with Gasteiger partial charge in [-0.2, -0.15) is 0 Å². The molecule has 0 unspecified atom stereocenters. The largest absolute Gasteiger partial charge is 0.484 e. The fourth-order valence-corrected chi connectivity index (χ4v) is 3.18. The van der Waals surface area contributed by atoms with E-state index in [1.165, 1.54) is 0 Å². The molecular weight excluding hydrogens is 284 g/mol. The van der Waals surface area contributed by atoms with Crippen LogP contribution in [0, 0.1) is 0 Å². The lowest BCUT2D eigenvalue weighted by molar-refractivity contribution is -0.146. The van der Waals surface area contributed by atoms with Crippen LogP contribution in [-0.2, 0) is 9.53 Å². The number of hydrogen-bond acceptors (Lipinski definition) is 4. The molecule has 2 fully saturated rings. The average molecular weight is 304 g/mol. The van der Waals surface area contributed by atoms with Crippen LogP contribution in [0.4, 0.5) is 0 Å². The van der Waals surface area contributed by atoms with E-state index in [9.17, 15) is 9.59 Å². The van der Waals surface area contributed by atoms with Crippen molar-refractivity contribution in [2.24, 2.45) is 5.73 Å². The first-order valence-corrected chi connectivity index (χ1v) is 7.59. The van der Waals surface area contributed by atoms with E-state index >= 15 is 0 Å².